The second-order valence-corrected chi connectivity index (χ2v) is 10.6. The van der Waals surface area contributed by atoms with Gasteiger partial charge < -0.3 is 24.4 Å². The van der Waals surface area contributed by atoms with E-state index in [-0.39, 0.29) is 37.0 Å². The average Bonchev–Trinajstić information content (AvgIpc) is 3.16. The first-order valence-electron chi connectivity index (χ1n) is 12.6. The van der Waals surface area contributed by atoms with Gasteiger partial charge >= 0.3 is 5.97 Å². The third kappa shape index (κ3) is 3.52. The van der Waals surface area contributed by atoms with E-state index in [0.717, 1.165) is 6.42 Å². The van der Waals surface area contributed by atoms with Crippen LogP contribution in [-0.2, 0) is 23.9 Å². The van der Waals surface area contributed by atoms with Crippen molar-refractivity contribution in [2.24, 2.45) is 17.8 Å². The van der Waals surface area contributed by atoms with Crippen LogP contribution in [0, 0.1) is 17.8 Å². The third-order valence-corrected chi connectivity index (χ3v) is 8.04. The monoisotopic (exact) mass is 474 g/mol. The van der Waals surface area contributed by atoms with Gasteiger partial charge in [-0.25, -0.2) is 0 Å². The summed E-state index contributed by atoms with van der Waals surface area (Å²) < 4.78 is 12.5. The van der Waals surface area contributed by atoms with Crippen LogP contribution >= 0.6 is 0 Å². The molecule has 8 heteroatoms. The standard InChI is InChI=1S/C26H38N2O6/c1-6-25-11-8-7-9-14-33-24(32)20(25)19-22(30)28(18(15-29)16(2)3)21-23(31)27(17(4)5)13-10-12-26(19,21)34-25/h8,10-12,16-21,29H,6-7,9,13-15H2,1-5H3/b11-8-/t18-,19-,20+,21?,25-,26-/m0/s1. The fourth-order valence-electron chi connectivity index (χ4n) is 6.27. The Morgan fingerprint density at radius 3 is 2.44 bits per heavy atom. The number of cyclic esters (lactones) is 1. The Bertz CT molecular complexity index is 898. The maximum Gasteiger partial charge on any atom is 0.313 e. The van der Waals surface area contributed by atoms with Crippen molar-refractivity contribution in [2.45, 2.75) is 83.2 Å². The summed E-state index contributed by atoms with van der Waals surface area (Å²) in [7, 11) is 0. The Kier molecular flexibility index (Phi) is 6.68. The molecule has 4 rings (SSSR count). The summed E-state index contributed by atoms with van der Waals surface area (Å²) in [5.41, 5.74) is -2.36. The zero-order valence-electron chi connectivity index (χ0n) is 20.9. The van der Waals surface area contributed by atoms with Crippen LogP contribution in [-0.4, -0.2) is 81.8 Å². The van der Waals surface area contributed by atoms with Gasteiger partial charge in [0, 0.05) is 12.6 Å². The summed E-state index contributed by atoms with van der Waals surface area (Å²) in [5, 5.41) is 10.3. The fraction of sp³-hybridized carbons (Fsp3) is 0.731. The SMILES string of the molecule is CC[C@]12/C=C\CCCOC(=O)[C@H]1[C@H]1C(=O)N([C@@H](CO)C(C)C)C3C(=O)N(C(C)C)CC=C[C@@]31O2. The van der Waals surface area contributed by atoms with Gasteiger partial charge in [0.1, 0.15) is 23.2 Å². The molecule has 0 saturated carbocycles. The van der Waals surface area contributed by atoms with Crippen LogP contribution in [0.15, 0.2) is 24.3 Å². The largest absolute Gasteiger partial charge is 0.465 e. The van der Waals surface area contributed by atoms with Crippen molar-refractivity contribution < 1.29 is 29.0 Å². The van der Waals surface area contributed by atoms with Crippen molar-refractivity contribution in [2.75, 3.05) is 19.8 Å². The Balaban J connectivity index is 1.95. The van der Waals surface area contributed by atoms with Crippen LogP contribution in [0.2, 0.25) is 0 Å². The van der Waals surface area contributed by atoms with Crippen molar-refractivity contribution in [1.29, 1.82) is 0 Å². The predicted molar refractivity (Wildman–Crippen MR) is 125 cm³/mol. The van der Waals surface area contributed by atoms with Gasteiger partial charge in [-0.1, -0.05) is 45.1 Å². The van der Waals surface area contributed by atoms with E-state index in [4.69, 9.17) is 9.47 Å². The predicted octanol–water partition coefficient (Wildman–Crippen LogP) is 2.06. The molecule has 188 valence electrons. The molecule has 0 aromatic carbocycles. The van der Waals surface area contributed by atoms with E-state index in [2.05, 4.69) is 0 Å². The highest BCUT2D eigenvalue weighted by atomic mass is 16.6. The summed E-state index contributed by atoms with van der Waals surface area (Å²) >= 11 is 0. The van der Waals surface area contributed by atoms with E-state index in [1.807, 2.05) is 58.9 Å². The van der Waals surface area contributed by atoms with Gasteiger partial charge in [-0.05, 0) is 39.0 Å². The fourth-order valence-corrected chi connectivity index (χ4v) is 6.27. The van der Waals surface area contributed by atoms with E-state index < -0.39 is 41.1 Å². The molecule has 4 aliphatic heterocycles. The van der Waals surface area contributed by atoms with E-state index in [0.29, 0.717) is 19.4 Å². The van der Waals surface area contributed by atoms with Gasteiger partial charge in [0.15, 0.2) is 0 Å². The van der Waals surface area contributed by atoms with Crippen molar-refractivity contribution in [3.63, 3.8) is 0 Å². The molecule has 0 aromatic rings. The number of allylic oxidation sites excluding steroid dienone is 1. The molecule has 0 aromatic heterocycles. The minimum Gasteiger partial charge on any atom is -0.465 e. The lowest BCUT2D eigenvalue weighted by Gasteiger charge is -2.42. The van der Waals surface area contributed by atoms with E-state index >= 15 is 0 Å². The van der Waals surface area contributed by atoms with Gasteiger partial charge in [0.2, 0.25) is 11.8 Å². The molecule has 8 nitrogen and oxygen atoms in total. The summed E-state index contributed by atoms with van der Waals surface area (Å²) in [4.78, 5) is 45.0. The first kappa shape index (κ1) is 24.9. The number of aliphatic hydroxyl groups is 1. The Morgan fingerprint density at radius 1 is 1.09 bits per heavy atom. The van der Waals surface area contributed by atoms with Gasteiger partial charge in [0.05, 0.1) is 25.2 Å². The molecule has 2 saturated heterocycles. The molecule has 1 unspecified atom stereocenters. The number of hydrogen-bond donors (Lipinski definition) is 1. The van der Waals surface area contributed by atoms with Crippen molar-refractivity contribution >= 4 is 17.8 Å². The molecule has 4 aliphatic rings. The number of hydrogen-bond acceptors (Lipinski definition) is 6. The molecule has 2 fully saturated rings. The zero-order chi connectivity index (χ0) is 24.8. The molecule has 1 spiro atoms. The number of likely N-dealkylation sites (tertiary alicyclic amines) is 1. The Labute approximate surface area is 201 Å². The maximum absolute atomic E-state index is 14.2. The third-order valence-electron chi connectivity index (χ3n) is 8.04. The number of nitrogens with zero attached hydrogens (tertiary/aromatic N) is 2. The van der Waals surface area contributed by atoms with Crippen LogP contribution in [0.5, 0.6) is 0 Å². The normalized spacial score (nSPS) is 37.5. The number of rotatable bonds is 5. The van der Waals surface area contributed by atoms with Crippen LogP contribution in [0.1, 0.15) is 53.9 Å². The van der Waals surface area contributed by atoms with E-state index in [1.54, 1.807) is 4.90 Å². The van der Waals surface area contributed by atoms with Gasteiger partial charge in [-0.3, -0.25) is 14.4 Å². The topological polar surface area (TPSA) is 96.4 Å². The first-order valence-corrected chi connectivity index (χ1v) is 12.6. The van der Waals surface area contributed by atoms with Crippen molar-refractivity contribution in [3.8, 4) is 0 Å². The molecule has 4 heterocycles. The molecule has 1 N–H and O–H groups in total. The second-order valence-electron chi connectivity index (χ2n) is 10.6. The number of aliphatic hydroxyl groups excluding tert-OH is 1. The molecule has 6 atom stereocenters. The van der Waals surface area contributed by atoms with Gasteiger partial charge in [-0.2, -0.15) is 0 Å². The highest BCUT2D eigenvalue weighted by Crippen LogP contribution is 2.58. The average molecular weight is 475 g/mol. The van der Waals surface area contributed by atoms with Crippen LogP contribution in [0.3, 0.4) is 0 Å². The molecular formula is C26H38N2O6. The number of fused-ring (bicyclic) bond motifs is 2. The quantitative estimate of drug-likeness (QED) is 0.484. The molecule has 0 bridgehead atoms. The first-order chi connectivity index (χ1) is 16.1. The highest BCUT2D eigenvalue weighted by Gasteiger charge is 2.76. The lowest BCUT2D eigenvalue weighted by Crippen LogP contribution is -2.60. The summed E-state index contributed by atoms with van der Waals surface area (Å²) in [6, 6.07) is -1.63. The molecule has 0 radical (unpaired) electrons. The van der Waals surface area contributed by atoms with Crippen LogP contribution in [0.4, 0.5) is 0 Å². The molecule has 34 heavy (non-hydrogen) atoms. The smallest absolute Gasteiger partial charge is 0.313 e. The van der Waals surface area contributed by atoms with Gasteiger partial charge in [-0.15, -0.1) is 0 Å². The minimum absolute atomic E-state index is 0.0847. The van der Waals surface area contributed by atoms with Crippen LogP contribution < -0.4 is 0 Å². The maximum atomic E-state index is 14.2. The second kappa shape index (κ2) is 9.11. The summed E-state index contributed by atoms with van der Waals surface area (Å²) in [6.45, 7) is 10.0. The Morgan fingerprint density at radius 2 is 1.82 bits per heavy atom. The molecule has 2 amide bonds. The molecular weight excluding hydrogens is 436 g/mol. The van der Waals surface area contributed by atoms with E-state index in [1.165, 1.54) is 4.90 Å². The number of amides is 2. The van der Waals surface area contributed by atoms with Crippen LogP contribution in [0.25, 0.3) is 0 Å². The number of esters is 1. The summed E-state index contributed by atoms with van der Waals surface area (Å²) in [6.07, 6.45) is 9.55. The highest BCUT2D eigenvalue weighted by molar-refractivity contribution is 5.99. The number of carbonyl (C=O) groups excluding carboxylic acids is 3. The van der Waals surface area contributed by atoms with Crippen molar-refractivity contribution in [1.82, 2.24) is 9.80 Å². The van der Waals surface area contributed by atoms with Crippen molar-refractivity contribution in [3.05, 3.63) is 24.3 Å². The summed E-state index contributed by atoms with van der Waals surface area (Å²) in [5.74, 6) is -2.88. The Hall–Kier alpha value is -2.19. The number of ether oxygens (including phenoxy) is 2. The van der Waals surface area contributed by atoms with Gasteiger partial charge in [0.25, 0.3) is 0 Å². The zero-order valence-corrected chi connectivity index (χ0v) is 20.9. The minimum atomic E-state index is -1.32. The van der Waals surface area contributed by atoms with E-state index in [9.17, 15) is 19.5 Å². The lowest BCUT2D eigenvalue weighted by atomic mass is 9.73. The molecule has 0 aliphatic carbocycles. The lowest BCUT2D eigenvalue weighted by molar-refractivity contribution is -0.164. The number of carbonyl (C=O) groups is 3.